The smallest absolute Gasteiger partial charge is 0.127 e. The highest BCUT2D eigenvalue weighted by Crippen LogP contribution is 2.19. The van der Waals surface area contributed by atoms with Crippen LogP contribution in [0.1, 0.15) is 12.5 Å². The van der Waals surface area contributed by atoms with Crippen LogP contribution in [0.3, 0.4) is 0 Å². The van der Waals surface area contributed by atoms with Gasteiger partial charge in [0.15, 0.2) is 0 Å². The molecule has 0 heterocycles. The number of rotatable bonds is 4. The predicted octanol–water partition coefficient (Wildman–Crippen LogP) is 6.57. The summed E-state index contributed by atoms with van der Waals surface area (Å²) in [6.07, 6.45) is 1.14. The molecule has 0 atom stereocenters. The number of ether oxygens (including phenoxy) is 2. The average molecular weight is 447 g/mol. The van der Waals surface area contributed by atoms with Crippen molar-refractivity contribution in [3.05, 3.63) is 127 Å². The summed E-state index contributed by atoms with van der Waals surface area (Å²) in [6, 6.07) is 39.7. The van der Waals surface area contributed by atoms with E-state index in [1.54, 1.807) is 7.11 Å². The maximum atomic E-state index is 5.58. The number of methoxy groups -OCH3 is 1. The highest BCUT2D eigenvalue weighted by atomic mass is 16.5. The standard InChI is InChI=1S/C12H10O.C8H10.C7H8O.2CH5N/c1-3-7-11(8-4-1)13-12-9-5-2-6-10-12;1-2-8-6-4-3-5-7-8;1-8-7-5-3-2-4-6-7;2*1-2/h1-10H;3-7H,2H2,1H3;2-6H,1H3;2*2H2,1H3. The number of benzene rings is 4. The Morgan fingerprint density at radius 3 is 1.03 bits per heavy atom. The predicted molar refractivity (Wildman–Crippen MR) is 142 cm³/mol. The van der Waals surface area contributed by atoms with Gasteiger partial charge in [-0.3, -0.25) is 0 Å². The van der Waals surface area contributed by atoms with Gasteiger partial charge in [-0.2, -0.15) is 0 Å². The molecule has 0 bridgehead atoms. The quantitative estimate of drug-likeness (QED) is 0.372. The molecule has 4 rings (SSSR count). The molecule has 0 amide bonds. The largest absolute Gasteiger partial charge is 0.497 e. The second-order valence-electron chi connectivity index (χ2n) is 6.08. The van der Waals surface area contributed by atoms with E-state index in [1.165, 1.54) is 19.7 Å². The van der Waals surface area contributed by atoms with Crippen LogP contribution >= 0.6 is 0 Å². The third-order valence-electron chi connectivity index (χ3n) is 3.95. The maximum Gasteiger partial charge on any atom is 0.127 e. The molecule has 0 unspecified atom stereocenters. The van der Waals surface area contributed by atoms with Gasteiger partial charge in [0.1, 0.15) is 17.2 Å². The third kappa shape index (κ3) is 14.9. The fraction of sp³-hybridized carbons (Fsp3) is 0.172. The molecule has 0 aromatic heterocycles. The summed E-state index contributed by atoms with van der Waals surface area (Å²) >= 11 is 0. The number of aryl methyl sites for hydroxylation is 1. The van der Waals surface area contributed by atoms with E-state index < -0.39 is 0 Å². The first-order valence-electron chi connectivity index (χ1n) is 10.9. The molecule has 4 aromatic rings. The van der Waals surface area contributed by atoms with E-state index in [1.807, 2.05) is 97.1 Å². The lowest BCUT2D eigenvalue weighted by molar-refractivity contribution is 0.415. The lowest BCUT2D eigenvalue weighted by atomic mass is 10.2. The molecule has 176 valence electrons. The van der Waals surface area contributed by atoms with Gasteiger partial charge >= 0.3 is 0 Å². The fourth-order valence-corrected chi connectivity index (χ4v) is 2.38. The van der Waals surface area contributed by atoms with E-state index in [2.05, 4.69) is 42.7 Å². The first-order valence-corrected chi connectivity index (χ1v) is 10.9. The molecule has 0 aliphatic heterocycles. The summed E-state index contributed by atoms with van der Waals surface area (Å²) in [5.41, 5.74) is 10.4. The molecule has 4 heteroatoms. The number of para-hydroxylation sites is 3. The van der Waals surface area contributed by atoms with Gasteiger partial charge in [0.25, 0.3) is 0 Å². The van der Waals surface area contributed by atoms with Gasteiger partial charge in [0.2, 0.25) is 0 Å². The van der Waals surface area contributed by atoms with Crippen LogP contribution in [-0.4, -0.2) is 21.2 Å². The Hall–Kier alpha value is -3.60. The van der Waals surface area contributed by atoms with Gasteiger partial charge in [-0.15, -0.1) is 0 Å². The molecular weight excluding hydrogens is 408 g/mol. The minimum Gasteiger partial charge on any atom is -0.497 e. The number of hydrogen-bond donors (Lipinski definition) is 2. The Bertz CT molecular complexity index is 811. The van der Waals surface area contributed by atoms with Crippen molar-refractivity contribution in [1.29, 1.82) is 0 Å². The maximum absolute atomic E-state index is 5.58. The van der Waals surface area contributed by atoms with E-state index in [0.717, 1.165) is 23.7 Å². The molecule has 0 saturated carbocycles. The molecule has 0 spiro atoms. The molecule has 0 radical (unpaired) electrons. The molecule has 4 N–H and O–H groups in total. The normalized spacial score (nSPS) is 8.42. The summed E-state index contributed by atoms with van der Waals surface area (Å²) in [6.45, 7) is 2.16. The second kappa shape index (κ2) is 21.6. The van der Waals surface area contributed by atoms with Crippen molar-refractivity contribution in [1.82, 2.24) is 0 Å². The van der Waals surface area contributed by atoms with E-state index in [9.17, 15) is 0 Å². The Morgan fingerprint density at radius 2 is 0.788 bits per heavy atom. The summed E-state index contributed by atoms with van der Waals surface area (Å²) < 4.78 is 10.5. The molecule has 0 fully saturated rings. The SMILES string of the molecule is CCc1ccccc1.CN.CN.COc1ccccc1.c1ccc(Oc2ccccc2)cc1. The molecular formula is C29H38N2O2. The van der Waals surface area contributed by atoms with E-state index in [4.69, 9.17) is 9.47 Å². The molecule has 33 heavy (non-hydrogen) atoms. The third-order valence-corrected chi connectivity index (χ3v) is 3.95. The Morgan fingerprint density at radius 1 is 0.485 bits per heavy atom. The first kappa shape index (κ1) is 29.4. The van der Waals surface area contributed by atoms with Crippen molar-refractivity contribution < 1.29 is 9.47 Å². The molecule has 0 aliphatic carbocycles. The van der Waals surface area contributed by atoms with Crippen LogP contribution in [0.4, 0.5) is 0 Å². The highest BCUT2D eigenvalue weighted by Gasteiger charge is 1.92. The summed E-state index contributed by atoms with van der Waals surface area (Å²) in [7, 11) is 4.66. The van der Waals surface area contributed by atoms with Crippen LogP contribution < -0.4 is 20.9 Å². The number of nitrogens with two attached hydrogens (primary N) is 2. The van der Waals surface area contributed by atoms with Gasteiger partial charge in [-0.25, -0.2) is 0 Å². The van der Waals surface area contributed by atoms with Crippen molar-refractivity contribution in [3.8, 4) is 17.2 Å². The van der Waals surface area contributed by atoms with Gasteiger partial charge in [0, 0.05) is 0 Å². The van der Waals surface area contributed by atoms with Crippen molar-refractivity contribution in [2.24, 2.45) is 11.5 Å². The van der Waals surface area contributed by atoms with Crippen LogP contribution in [-0.2, 0) is 6.42 Å². The van der Waals surface area contributed by atoms with Gasteiger partial charge in [-0.05, 0) is 62.5 Å². The summed E-state index contributed by atoms with van der Waals surface area (Å²) in [4.78, 5) is 0. The van der Waals surface area contributed by atoms with Gasteiger partial charge in [-0.1, -0.05) is 91.9 Å². The van der Waals surface area contributed by atoms with E-state index in [-0.39, 0.29) is 0 Å². The fourth-order valence-electron chi connectivity index (χ4n) is 2.38. The number of hydrogen-bond acceptors (Lipinski definition) is 4. The zero-order valence-electron chi connectivity index (χ0n) is 20.2. The summed E-state index contributed by atoms with van der Waals surface area (Å²) in [5.74, 6) is 2.65. The van der Waals surface area contributed by atoms with Crippen molar-refractivity contribution in [2.75, 3.05) is 21.2 Å². The van der Waals surface area contributed by atoms with Crippen molar-refractivity contribution in [3.63, 3.8) is 0 Å². The zero-order chi connectivity index (χ0) is 24.6. The monoisotopic (exact) mass is 446 g/mol. The zero-order valence-corrected chi connectivity index (χ0v) is 20.2. The Balaban J connectivity index is 0.000000449. The lowest BCUT2D eigenvalue weighted by Crippen LogP contribution is -1.81. The molecule has 4 nitrogen and oxygen atoms in total. The van der Waals surface area contributed by atoms with E-state index in [0.29, 0.717) is 0 Å². The Labute approximate surface area is 199 Å². The van der Waals surface area contributed by atoms with Crippen LogP contribution in [0.25, 0.3) is 0 Å². The second-order valence-corrected chi connectivity index (χ2v) is 6.08. The molecule has 0 saturated heterocycles. The lowest BCUT2D eigenvalue weighted by Gasteiger charge is -2.03. The average Bonchev–Trinajstić information content (AvgIpc) is 2.94. The summed E-state index contributed by atoms with van der Waals surface area (Å²) in [5, 5.41) is 0. The Kier molecular flexibility index (Phi) is 19.3. The van der Waals surface area contributed by atoms with Crippen LogP contribution in [0.2, 0.25) is 0 Å². The van der Waals surface area contributed by atoms with Crippen LogP contribution in [0, 0.1) is 0 Å². The molecule has 0 aliphatic rings. The van der Waals surface area contributed by atoms with Crippen LogP contribution in [0.15, 0.2) is 121 Å². The highest BCUT2D eigenvalue weighted by molar-refractivity contribution is 5.30. The molecule has 4 aromatic carbocycles. The van der Waals surface area contributed by atoms with E-state index >= 15 is 0 Å². The van der Waals surface area contributed by atoms with Crippen LogP contribution in [0.5, 0.6) is 17.2 Å². The first-order chi connectivity index (χ1) is 16.3. The van der Waals surface area contributed by atoms with Gasteiger partial charge in [0.05, 0.1) is 7.11 Å². The minimum atomic E-state index is 0.869. The van der Waals surface area contributed by atoms with Gasteiger partial charge < -0.3 is 20.9 Å². The van der Waals surface area contributed by atoms with Crippen molar-refractivity contribution >= 4 is 0 Å². The van der Waals surface area contributed by atoms with Crippen molar-refractivity contribution in [2.45, 2.75) is 13.3 Å². The minimum absolute atomic E-state index is 0.869. The topological polar surface area (TPSA) is 70.5 Å².